The summed E-state index contributed by atoms with van der Waals surface area (Å²) >= 11 is 1.28. The van der Waals surface area contributed by atoms with Gasteiger partial charge in [-0.3, -0.25) is 0 Å². The lowest BCUT2D eigenvalue weighted by atomic mass is 9.96. The van der Waals surface area contributed by atoms with E-state index in [1.165, 1.54) is 29.7 Å². The van der Waals surface area contributed by atoms with E-state index in [0.29, 0.717) is 10.3 Å². The van der Waals surface area contributed by atoms with Crippen molar-refractivity contribution in [2.75, 3.05) is 0 Å². The molecule has 1 fully saturated rings. The van der Waals surface area contributed by atoms with E-state index in [0.717, 1.165) is 11.1 Å². The van der Waals surface area contributed by atoms with Crippen molar-refractivity contribution in [2.45, 2.75) is 25.2 Å². The van der Waals surface area contributed by atoms with Crippen LogP contribution in [-0.2, 0) is 5.41 Å². The first-order valence-electron chi connectivity index (χ1n) is 6.02. The van der Waals surface area contributed by atoms with Gasteiger partial charge in [0.1, 0.15) is 4.88 Å². The predicted octanol–water partition coefficient (Wildman–Crippen LogP) is 4.16. The van der Waals surface area contributed by atoms with E-state index in [2.05, 4.69) is 19.1 Å². The number of aromatic carboxylic acids is 1. The molecule has 1 aliphatic carbocycles. The summed E-state index contributed by atoms with van der Waals surface area (Å²) in [4.78, 5) is 11.5. The Morgan fingerprint density at radius 2 is 1.89 bits per heavy atom. The Morgan fingerprint density at radius 3 is 2.44 bits per heavy atom. The molecule has 2 aromatic rings. The first-order chi connectivity index (χ1) is 8.60. The number of carboxylic acids is 1. The molecule has 0 radical (unpaired) electrons. The van der Waals surface area contributed by atoms with E-state index in [1.807, 2.05) is 23.6 Å². The summed E-state index contributed by atoms with van der Waals surface area (Å²) in [5.41, 5.74) is 3.53. The number of thiophene rings is 1. The first kappa shape index (κ1) is 11.5. The highest BCUT2D eigenvalue weighted by atomic mass is 32.1. The molecular weight excluding hydrogens is 244 g/mol. The maximum atomic E-state index is 11.1. The van der Waals surface area contributed by atoms with Crippen LogP contribution in [0, 0.1) is 0 Å². The second-order valence-corrected chi connectivity index (χ2v) is 6.02. The van der Waals surface area contributed by atoms with E-state index in [4.69, 9.17) is 5.11 Å². The van der Waals surface area contributed by atoms with Crippen LogP contribution < -0.4 is 0 Å². The van der Waals surface area contributed by atoms with Crippen LogP contribution in [0.25, 0.3) is 11.1 Å². The Labute approximate surface area is 110 Å². The molecule has 1 aliphatic rings. The average Bonchev–Trinajstić information content (AvgIpc) is 2.94. The van der Waals surface area contributed by atoms with Gasteiger partial charge in [0.2, 0.25) is 0 Å². The summed E-state index contributed by atoms with van der Waals surface area (Å²) in [6.07, 6.45) is 2.51. The Hall–Kier alpha value is -1.61. The fraction of sp³-hybridized carbons (Fsp3) is 0.267. The lowest BCUT2D eigenvalue weighted by molar-refractivity contribution is 0.0703. The molecule has 0 saturated heterocycles. The van der Waals surface area contributed by atoms with Crippen molar-refractivity contribution in [1.82, 2.24) is 0 Å². The van der Waals surface area contributed by atoms with Crippen LogP contribution in [0.1, 0.15) is 35.0 Å². The van der Waals surface area contributed by atoms with Gasteiger partial charge in [0, 0.05) is 5.56 Å². The van der Waals surface area contributed by atoms with E-state index in [1.54, 1.807) is 0 Å². The third-order valence-corrected chi connectivity index (χ3v) is 4.65. The van der Waals surface area contributed by atoms with Gasteiger partial charge in [0.05, 0.1) is 0 Å². The molecule has 3 heteroatoms. The van der Waals surface area contributed by atoms with E-state index in [-0.39, 0.29) is 0 Å². The zero-order chi connectivity index (χ0) is 12.8. The fourth-order valence-corrected chi connectivity index (χ4v) is 2.98. The molecule has 0 unspecified atom stereocenters. The minimum Gasteiger partial charge on any atom is -0.477 e. The standard InChI is InChI=1S/C15H14O2S/c1-15(7-8-15)11-4-2-10(3-5-11)12-6-9-18-13(12)14(16)17/h2-6,9H,7-8H2,1H3,(H,16,17). The molecule has 0 aliphatic heterocycles. The number of hydrogen-bond donors (Lipinski definition) is 1. The highest BCUT2D eigenvalue weighted by Crippen LogP contribution is 2.47. The van der Waals surface area contributed by atoms with Gasteiger partial charge in [-0.15, -0.1) is 11.3 Å². The Morgan fingerprint density at radius 1 is 1.22 bits per heavy atom. The second kappa shape index (κ2) is 3.95. The van der Waals surface area contributed by atoms with Gasteiger partial charge in [-0.05, 0) is 40.8 Å². The molecule has 1 aromatic carbocycles. The highest BCUT2D eigenvalue weighted by Gasteiger charge is 2.38. The first-order valence-corrected chi connectivity index (χ1v) is 6.90. The molecule has 0 atom stereocenters. The van der Waals surface area contributed by atoms with Gasteiger partial charge < -0.3 is 5.11 Å². The van der Waals surface area contributed by atoms with Crippen molar-refractivity contribution >= 4 is 17.3 Å². The lowest BCUT2D eigenvalue weighted by Crippen LogP contribution is -1.99. The molecule has 1 heterocycles. The number of rotatable bonds is 3. The number of carboxylic acid groups (broad SMARTS) is 1. The molecule has 1 saturated carbocycles. The van der Waals surface area contributed by atoms with Crippen LogP contribution in [0.2, 0.25) is 0 Å². The molecule has 0 bridgehead atoms. The van der Waals surface area contributed by atoms with E-state index < -0.39 is 5.97 Å². The molecule has 0 spiro atoms. The van der Waals surface area contributed by atoms with E-state index in [9.17, 15) is 4.79 Å². The summed E-state index contributed by atoms with van der Waals surface area (Å²) in [7, 11) is 0. The van der Waals surface area contributed by atoms with Gasteiger partial charge in [0.25, 0.3) is 0 Å². The molecular formula is C15H14O2S. The summed E-state index contributed by atoms with van der Waals surface area (Å²) in [6.45, 7) is 2.27. The Bertz CT molecular complexity index is 591. The van der Waals surface area contributed by atoms with Gasteiger partial charge in [-0.1, -0.05) is 31.2 Å². The van der Waals surface area contributed by atoms with Crippen molar-refractivity contribution < 1.29 is 9.90 Å². The van der Waals surface area contributed by atoms with Crippen LogP contribution >= 0.6 is 11.3 Å². The summed E-state index contributed by atoms with van der Waals surface area (Å²) in [6, 6.07) is 10.2. The number of hydrogen-bond acceptors (Lipinski definition) is 2. The highest BCUT2D eigenvalue weighted by molar-refractivity contribution is 7.12. The second-order valence-electron chi connectivity index (χ2n) is 5.11. The molecule has 2 nitrogen and oxygen atoms in total. The maximum Gasteiger partial charge on any atom is 0.346 e. The normalized spacial score (nSPS) is 16.5. The summed E-state index contributed by atoms with van der Waals surface area (Å²) in [5.74, 6) is -0.849. The lowest BCUT2D eigenvalue weighted by Gasteiger charge is -2.09. The quantitative estimate of drug-likeness (QED) is 0.897. The predicted molar refractivity (Wildman–Crippen MR) is 73.3 cm³/mol. The van der Waals surface area contributed by atoms with E-state index >= 15 is 0 Å². The molecule has 1 N–H and O–H groups in total. The smallest absolute Gasteiger partial charge is 0.346 e. The van der Waals surface area contributed by atoms with Gasteiger partial charge in [-0.2, -0.15) is 0 Å². The van der Waals surface area contributed by atoms with Crippen LogP contribution in [0.15, 0.2) is 35.7 Å². The molecule has 0 amide bonds. The third-order valence-electron chi connectivity index (χ3n) is 3.75. The molecule has 18 heavy (non-hydrogen) atoms. The van der Waals surface area contributed by atoms with Crippen molar-refractivity contribution in [3.8, 4) is 11.1 Å². The van der Waals surface area contributed by atoms with Crippen LogP contribution in [0.5, 0.6) is 0 Å². The van der Waals surface area contributed by atoms with Crippen molar-refractivity contribution in [1.29, 1.82) is 0 Å². The summed E-state index contributed by atoms with van der Waals surface area (Å²) < 4.78 is 0. The topological polar surface area (TPSA) is 37.3 Å². The van der Waals surface area contributed by atoms with Crippen molar-refractivity contribution in [3.05, 3.63) is 46.2 Å². The number of benzene rings is 1. The van der Waals surface area contributed by atoms with Gasteiger partial charge in [-0.25, -0.2) is 4.79 Å². The number of carbonyl (C=O) groups is 1. The monoisotopic (exact) mass is 258 g/mol. The Balaban J connectivity index is 1.97. The largest absolute Gasteiger partial charge is 0.477 e. The fourth-order valence-electron chi connectivity index (χ4n) is 2.23. The van der Waals surface area contributed by atoms with Crippen molar-refractivity contribution in [2.24, 2.45) is 0 Å². The SMILES string of the molecule is CC1(c2ccc(-c3ccsc3C(=O)O)cc2)CC1. The Kier molecular flexibility index (Phi) is 2.52. The molecule has 92 valence electrons. The van der Waals surface area contributed by atoms with Crippen LogP contribution in [0.4, 0.5) is 0 Å². The average molecular weight is 258 g/mol. The zero-order valence-corrected chi connectivity index (χ0v) is 11.0. The maximum absolute atomic E-state index is 11.1. The third kappa shape index (κ3) is 1.85. The zero-order valence-electron chi connectivity index (χ0n) is 10.1. The molecule has 1 aromatic heterocycles. The van der Waals surface area contributed by atoms with Gasteiger partial charge >= 0.3 is 5.97 Å². The van der Waals surface area contributed by atoms with Crippen molar-refractivity contribution in [3.63, 3.8) is 0 Å². The summed E-state index contributed by atoms with van der Waals surface area (Å²) in [5, 5.41) is 10.9. The minimum absolute atomic E-state index is 0.364. The van der Waals surface area contributed by atoms with Gasteiger partial charge in [0.15, 0.2) is 0 Å². The minimum atomic E-state index is -0.849. The molecule has 3 rings (SSSR count). The van der Waals surface area contributed by atoms with Crippen LogP contribution in [-0.4, -0.2) is 11.1 Å². The van der Waals surface area contributed by atoms with Crippen LogP contribution in [0.3, 0.4) is 0 Å².